The molecule has 100 valence electrons. The predicted octanol–water partition coefficient (Wildman–Crippen LogP) is 4.21. The van der Waals surface area contributed by atoms with Gasteiger partial charge in [0.25, 0.3) is 0 Å². The van der Waals surface area contributed by atoms with Gasteiger partial charge < -0.3 is 5.32 Å². The Balaban J connectivity index is 2.22. The van der Waals surface area contributed by atoms with Gasteiger partial charge in [0.05, 0.1) is 5.52 Å². The van der Waals surface area contributed by atoms with Crippen LogP contribution < -0.4 is 5.32 Å². The highest BCUT2D eigenvalue weighted by atomic mass is 35.5. The average molecular weight is 275 g/mol. The molecule has 19 heavy (non-hydrogen) atoms. The molecule has 0 fully saturated rings. The molecule has 3 heteroatoms. The largest absolute Gasteiger partial charge is 0.313 e. The molecule has 2 aromatic rings. The molecule has 1 N–H and O–H groups in total. The lowest BCUT2D eigenvalue weighted by Crippen LogP contribution is -2.13. The van der Waals surface area contributed by atoms with E-state index >= 15 is 0 Å². The number of para-hydroxylation sites is 1. The molecule has 0 unspecified atom stereocenters. The molecule has 1 heterocycles. The fourth-order valence-corrected chi connectivity index (χ4v) is 2.21. The number of fused-ring (bicyclic) bond motifs is 1. The van der Waals surface area contributed by atoms with Crippen molar-refractivity contribution in [3.05, 3.63) is 46.6 Å². The molecule has 2 rings (SSSR count). The summed E-state index contributed by atoms with van der Waals surface area (Å²) >= 11 is 6.23. The molecule has 0 aliphatic heterocycles. The molecule has 0 spiro atoms. The van der Waals surface area contributed by atoms with Gasteiger partial charge in [0.1, 0.15) is 5.15 Å². The molecular formula is C16H19ClN2. The van der Waals surface area contributed by atoms with Gasteiger partial charge in [-0.05, 0) is 31.5 Å². The van der Waals surface area contributed by atoms with E-state index in [-0.39, 0.29) is 0 Å². The highest BCUT2D eigenvalue weighted by Crippen LogP contribution is 2.23. The predicted molar refractivity (Wildman–Crippen MR) is 83.7 cm³/mol. The number of pyridine rings is 1. The van der Waals surface area contributed by atoms with Crippen molar-refractivity contribution in [3.8, 4) is 0 Å². The lowest BCUT2D eigenvalue weighted by molar-refractivity contribution is 0.730. The minimum atomic E-state index is 0.563. The summed E-state index contributed by atoms with van der Waals surface area (Å²) in [5, 5.41) is 5.01. The van der Waals surface area contributed by atoms with E-state index in [9.17, 15) is 0 Å². The van der Waals surface area contributed by atoms with Crippen molar-refractivity contribution < 1.29 is 0 Å². The van der Waals surface area contributed by atoms with Crippen molar-refractivity contribution in [1.29, 1.82) is 0 Å². The first-order valence-electron chi connectivity index (χ1n) is 6.65. The van der Waals surface area contributed by atoms with Crippen molar-refractivity contribution in [2.75, 3.05) is 13.1 Å². The Kier molecular flexibility index (Phi) is 4.94. The summed E-state index contributed by atoms with van der Waals surface area (Å²) in [6, 6.07) is 8.26. The minimum Gasteiger partial charge on any atom is -0.313 e. The standard InChI is InChI=1S/C16H19ClN2/c1-3-9-18-10-5-8-14-11-13-7-4-6-12(2)15(13)19-16(14)17/h4-8,11,18H,3,9-10H2,1-2H3. The summed E-state index contributed by atoms with van der Waals surface area (Å²) < 4.78 is 0. The molecule has 0 amide bonds. The Morgan fingerprint density at radius 1 is 1.37 bits per heavy atom. The summed E-state index contributed by atoms with van der Waals surface area (Å²) in [7, 11) is 0. The monoisotopic (exact) mass is 274 g/mol. The van der Waals surface area contributed by atoms with E-state index < -0.39 is 0 Å². The number of rotatable bonds is 5. The maximum atomic E-state index is 6.23. The van der Waals surface area contributed by atoms with Crippen LogP contribution in [0.15, 0.2) is 30.3 Å². The Hall–Kier alpha value is -1.38. The molecule has 1 aromatic heterocycles. The number of aromatic nitrogens is 1. The van der Waals surface area contributed by atoms with Crippen LogP contribution in [0.5, 0.6) is 0 Å². The van der Waals surface area contributed by atoms with Crippen molar-refractivity contribution in [1.82, 2.24) is 10.3 Å². The summed E-state index contributed by atoms with van der Waals surface area (Å²) in [5.41, 5.74) is 3.10. The van der Waals surface area contributed by atoms with Crippen molar-refractivity contribution in [3.63, 3.8) is 0 Å². The highest BCUT2D eigenvalue weighted by molar-refractivity contribution is 6.31. The highest BCUT2D eigenvalue weighted by Gasteiger charge is 2.03. The average Bonchev–Trinajstić information content (AvgIpc) is 2.40. The SMILES string of the molecule is CCCNCC=Cc1cc2cccc(C)c2nc1Cl. The third-order valence-corrected chi connectivity index (χ3v) is 3.32. The molecule has 0 radical (unpaired) electrons. The molecule has 1 aromatic carbocycles. The third kappa shape index (κ3) is 3.55. The summed E-state index contributed by atoms with van der Waals surface area (Å²) in [5.74, 6) is 0. The minimum absolute atomic E-state index is 0.563. The second kappa shape index (κ2) is 6.69. The maximum absolute atomic E-state index is 6.23. The Morgan fingerprint density at radius 2 is 2.21 bits per heavy atom. The van der Waals surface area contributed by atoms with Gasteiger partial charge in [0, 0.05) is 17.5 Å². The fraction of sp³-hybridized carbons (Fsp3) is 0.312. The maximum Gasteiger partial charge on any atom is 0.136 e. The van der Waals surface area contributed by atoms with Crippen molar-refractivity contribution in [2.45, 2.75) is 20.3 Å². The van der Waals surface area contributed by atoms with Crippen LogP contribution in [0.25, 0.3) is 17.0 Å². The van der Waals surface area contributed by atoms with Gasteiger partial charge in [-0.25, -0.2) is 4.98 Å². The van der Waals surface area contributed by atoms with Crippen LogP contribution in [-0.4, -0.2) is 18.1 Å². The first-order valence-corrected chi connectivity index (χ1v) is 7.03. The van der Waals surface area contributed by atoms with Crippen LogP contribution in [0.1, 0.15) is 24.5 Å². The van der Waals surface area contributed by atoms with Gasteiger partial charge in [0.15, 0.2) is 0 Å². The zero-order valence-electron chi connectivity index (χ0n) is 11.4. The van der Waals surface area contributed by atoms with Gasteiger partial charge in [-0.1, -0.05) is 48.9 Å². The van der Waals surface area contributed by atoms with Crippen LogP contribution in [0, 0.1) is 6.92 Å². The lowest BCUT2D eigenvalue weighted by atomic mass is 10.1. The Bertz CT molecular complexity index is 591. The Morgan fingerprint density at radius 3 is 3.00 bits per heavy atom. The Labute approximate surface area is 119 Å². The summed E-state index contributed by atoms with van der Waals surface area (Å²) in [6.45, 7) is 6.10. The number of hydrogen-bond donors (Lipinski definition) is 1. The normalized spacial score (nSPS) is 11.5. The molecule has 2 nitrogen and oxygen atoms in total. The molecule has 0 aliphatic carbocycles. The summed E-state index contributed by atoms with van der Waals surface area (Å²) in [4.78, 5) is 4.48. The van der Waals surface area contributed by atoms with E-state index in [0.717, 1.165) is 41.5 Å². The second-order valence-corrected chi connectivity index (χ2v) is 4.98. The van der Waals surface area contributed by atoms with E-state index in [1.807, 2.05) is 12.1 Å². The summed E-state index contributed by atoms with van der Waals surface area (Å²) in [6.07, 6.45) is 5.26. The first-order chi connectivity index (χ1) is 9.22. The van der Waals surface area contributed by atoms with Gasteiger partial charge in [0.2, 0.25) is 0 Å². The second-order valence-electron chi connectivity index (χ2n) is 4.62. The fourth-order valence-electron chi connectivity index (χ4n) is 2.01. The van der Waals surface area contributed by atoms with Gasteiger partial charge in [-0.15, -0.1) is 0 Å². The van der Waals surface area contributed by atoms with Gasteiger partial charge >= 0.3 is 0 Å². The van der Waals surface area contributed by atoms with Crippen LogP contribution in [0.2, 0.25) is 5.15 Å². The zero-order valence-corrected chi connectivity index (χ0v) is 12.2. The number of halogens is 1. The van der Waals surface area contributed by atoms with Crippen molar-refractivity contribution in [2.24, 2.45) is 0 Å². The molecule has 0 aliphatic rings. The number of benzene rings is 1. The topological polar surface area (TPSA) is 24.9 Å². The molecular weight excluding hydrogens is 256 g/mol. The lowest BCUT2D eigenvalue weighted by Gasteiger charge is -2.04. The van der Waals surface area contributed by atoms with E-state index in [1.54, 1.807) is 0 Å². The van der Waals surface area contributed by atoms with E-state index in [4.69, 9.17) is 11.6 Å². The van der Waals surface area contributed by atoms with Crippen molar-refractivity contribution >= 4 is 28.6 Å². The van der Waals surface area contributed by atoms with Crippen LogP contribution >= 0.6 is 11.6 Å². The molecule has 0 saturated carbocycles. The van der Waals surface area contributed by atoms with Gasteiger partial charge in [-0.3, -0.25) is 0 Å². The number of nitrogens with one attached hydrogen (secondary N) is 1. The molecule has 0 saturated heterocycles. The van der Waals surface area contributed by atoms with Crippen LogP contribution in [0.4, 0.5) is 0 Å². The van der Waals surface area contributed by atoms with E-state index in [0.29, 0.717) is 5.15 Å². The van der Waals surface area contributed by atoms with Crippen LogP contribution in [0.3, 0.4) is 0 Å². The number of hydrogen-bond acceptors (Lipinski definition) is 2. The molecule has 0 atom stereocenters. The zero-order chi connectivity index (χ0) is 13.7. The molecule has 0 bridgehead atoms. The smallest absolute Gasteiger partial charge is 0.136 e. The third-order valence-electron chi connectivity index (χ3n) is 3.01. The van der Waals surface area contributed by atoms with E-state index in [2.05, 4.69) is 48.4 Å². The number of nitrogens with zero attached hydrogens (tertiary/aromatic N) is 1. The number of aryl methyl sites for hydroxylation is 1. The van der Waals surface area contributed by atoms with Gasteiger partial charge in [-0.2, -0.15) is 0 Å². The van der Waals surface area contributed by atoms with E-state index in [1.165, 1.54) is 0 Å². The quantitative estimate of drug-likeness (QED) is 0.653. The van der Waals surface area contributed by atoms with Crippen LogP contribution in [-0.2, 0) is 0 Å². The first kappa shape index (κ1) is 14.0.